The topological polar surface area (TPSA) is 98.1 Å². The van der Waals surface area contributed by atoms with Crippen LogP contribution in [0, 0.1) is 5.82 Å². The van der Waals surface area contributed by atoms with Crippen LogP contribution in [0.3, 0.4) is 0 Å². The predicted octanol–water partition coefficient (Wildman–Crippen LogP) is 3.63. The molecule has 154 valence electrons. The van der Waals surface area contributed by atoms with Gasteiger partial charge in [0.1, 0.15) is 11.5 Å². The van der Waals surface area contributed by atoms with Crippen molar-refractivity contribution in [1.29, 1.82) is 0 Å². The van der Waals surface area contributed by atoms with Crippen molar-refractivity contribution in [2.75, 3.05) is 5.73 Å². The summed E-state index contributed by atoms with van der Waals surface area (Å²) in [5.41, 5.74) is 16.4. The van der Waals surface area contributed by atoms with Crippen molar-refractivity contribution in [3.05, 3.63) is 88.9 Å². The highest BCUT2D eigenvalue weighted by molar-refractivity contribution is 6.05. The standard InChI is InChI=1S/C24H20FN5O/c25-20-7-5-14(11-26)9-18(20)15-6-8-21-19(10-15)22(29-24(27)28-21)23(31)30-12-16-3-1-2-4-17(16)13-30/h1-10H,11-13,26H2,(H2,27,28,29). The van der Waals surface area contributed by atoms with E-state index in [-0.39, 0.29) is 23.4 Å². The summed E-state index contributed by atoms with van der Waals surface area (Å²) < 4.78 is 14.5. The molecule has 3 aromatic carbocycles. The van der Waals surface area contributed by atoms with Crippen LogP contribution in [0.1, 0.15) is 27.2 Å². The van der Waals surface area contributed by atoms with E-state index in [4.69, 9.17) is 11.5 Å². The SMILES string of the molecule is NCc1ccc(F)c(-c2ccc3nc(N)nc(C(=O)N4Cc5ccccc5C4)c3c2)c1. The normalized spacial score (nSPS) is 12.9. The smallest absolute Gasteiger partial charge is 0.273 e. The maximum atomic E-state index is 14.5. The van der Waals surface area contributed by atoms with E-state index in [1.54, 1.807) is 35.2 Å². The summed E-state index contributed by atoms with van der Waals surface area (Å²) in [5.74, 6) is -0.573. The Bertz CT molecular complexity index is 1310. The second-order valence-electron chi connectivity index (χ2n) is 7.61. The molecule has 0 saturated carbocycles. The number of nitrogen functional groups attached to an aromatic ring is 1. The molecule has 1 aromatic heterocycles. The summed E-state index contributed by atoms with van der Waals surface area (Å²) in [6.07, 6.45) is 0. The van der Waals surface area contributed by atoms with Crippen LogP contribution >= 0.6 is 0 Å². The Morgan fingerprint density at radius 1 is 1.00 bits per heavy atom. The molecule has 31 heavy (non-hydrogen) atoms. The van der Waals surface area contributed by atoms with Crippen molar-refractivity contribution in [3.8, 4) is 11.1 Å². The molecule has 1 aliphatic rings. The summed E-state index contributed by atoms with van der Waals surface area (Å²) in [6.45, 7) is 1.32. The minimum Gasteiger partial charge on any atom is -0.368 e. The Kier molecular flexibility index (Phi) is 4.60. The largest absolute Gasteiger partial charge is 0.368 e. The van der Waals surface area contributed by atoms with Gasteiger partial charge in [0.15, 0.2) is 0 Å². The van der Waals surface area contributed by atoms with Crippen LogP contribution in [0.2, 0.25) is 0 Å². The van der Waals surface area contributed by atoms with Gasteiger partial charge in [0, 0.05) is 30.6 Å². The average molecular weight is 413 g/mol. The molecule has 6 nitrogen and oxygen atoms in total. The highest BCUT2D eigenvalue weighted by atomic mass is 19.1. The van der Waals surface area contributed by atoms with Gasteiger partial charge in [0.05, 0.1) is 5.52 Å². The number of anilines is 1. The number of amides is 1. The van der Waals surface area contributed by atoms with Crippen molar-refractivity contribution in [1.82, 2.24) is 14.9 Å². The monoisotopic (exact) mass is 413 g/mol. The number of carbonyl (C=O) groups is 1. The Labute approximate surface area is 178 Å². The Balaban J connectivity index is 1.60. The number of nitrogens with zero attached hydrogens (tertiary/aromatic N) is 3. The lowest BCUT2D eigenvalue weighted by Crippen LogP contribution is -2.27. The highest BCUT2D eigenvalue weighted by Crippen LogP contribution is 2.30. The Hall–Kier alpha value is -3.84. The first-order chi connectivity index (χ1) is 15.0. The summed E-state index contributed by atoms with van der Waals surface area (Å²) >= 11 is 0. The third-order valence-electron chi connectivity index (χ3n) is 5.62. The molecule has 0 bridgehead atoms. The first kappa shape index (κ1) is 19.1. The number of benzene rings is 3. The molecular formula is C24H20FN5O. The van der Waals surface area contributed by atoms with Crippen molar-refractivity contribution in [2.45, 2.75) is 19.6 Å². The number of carbonyl (C=O) groups excluding carboxylic acids is 1. The van der Waals surface area contributed by atoms with E-state index < -0.39 is 0 Å². The fraction of sp³-hybridized carbons (Fsp3) is 0.125. The summed E-state index contributed by atoms with van der Waals surface area (Å²) in [5, 5.41) is 0.533. The molecule has 4 aromatic rings. The van der Waals surface area contributed by atoms with Crippen LogP contribution in [0.4, 0.5) is 10.3 Å². The van der Waals surface area contributed by atoms with Crippen LogP contribution in [0.5, 0.6) is 0 Å². The molecule has 0 fully saturated rings. The number of aromatic nitrogens is 2. The first-order valence-corrected chi connectivity index (χ1v) is 9.95. The summed E-state index contributed by atoms with van der Waals surface area (Å²) in [6, 6.07) is 17.9. The van der Waals surface area contributed by atoms with Crippen LogP contribution < -0.4 is 11.5 Å². The minimum absolute atomic E-state index is 0.0246. The number of hydrogen-bond acceptors (Lipinski definition) is 5. The van der Waals surface area contributed by atoms with Crippen LogP contribution in [0.15, 0.2) is 60.7 Å². The zero-order valence-corrected chi connectivity index (χ0v) is 16.7. The van der Waals surface area contributed by atoms with Crippen molar-refractivity contribution in [2.24, 2.45) is 5.73 Å². The second kappa shape index (κ2) is 7.45. The van der Waals surface area contributed by atoms with Gasteiger partial charge in [0.25, 0.3) is 5.91 Å². The molecule has 0 radical (unpaired) electrons. The number of hydrogen-bond donors (Lipinski definition) is 2. The molecule has 0 aliphatic carbocycles. The van der Waals surface area contributed by atoms with Crippen molar-refractivity contribution >= 4 is 22.8 Å². The predicted molar refractivity (Wildman–Crippen MR) is 117 cm³/mol. The lowest BCUT2D eigenvalue weighted by Gasteiger charge is -2.17. The quantitative estimate of drug-likeness (QED) is 0.534. The van der Waals surface area contributed by atoms with Gasteiger partial charge in [-0.1, -0.05) is 36.4 Å². The molecular weight excluding hydrogens is 393 g/mol. The molecule has 1 amide bonds. The maximum absolute atomic E-state index is 14.5. The van der Waals surface area contributed by atoms with E-state index in [0.29, 0.717) is 41.7 Å². The van der Waals surface area contributed by atoms with Gasteiger partial charge in [-0.2, -0.15) is 0 Å². The number of halogens is 1. The molecule has 0 saturated heterocycles. The van der Waals surface area contributed by atoms with Gasteiger partial charge in [0.2, 0.25) is 5.95 Å². The third-order valence-corrected chi connectivity index (χ3v) is 5.62. The molecule has 4 N–H and O–H groups in total. The fourth-order valence-electron chi connectivity index (χ4n) is 4.02. The number of nitrogens with two attached hydrogens (primary N) is 2. The van der Waals surface area contributed by atoms with Gasteiger partial charge >= 0.3 is 0 Å². The molecule has 5 rings (SSSR count). The molecule has 1 aliphatic heterocycles. The van der Waals surface area contributed by atoms with Crippen LogP contribution in [0.25, 0.3) is 22.0 Å². The van der Waals surface area contributed by atoms with Gasteiger partial charge in [-0.25, -0.2) is 14.4 Å². The number of rotatable bonds is 3. The maximum Gasteiger partial charge on any atom is 0.273 e. The molecule has 7 heteroatoms. The van der Waals surface area contributed by atoms with Crippen molar-refractivity contribution < 1.29 is 9.18 Å². The number of fused-ring (bicyclic) bond motifs is 2. The van der Waals surface area contributed by atoms with Gasteiger partial charge < -0.3 is 16.4 Å². The Morgan fingerprint density at radius 2 is 1.74 bits per heavy atom. The summed E-state index contributed by atoms with van der Waals surface area (Å²) in [7, 11) is 0. The fourth-order valence-corrected chi connectivity index (χ4v) is 4.02. The second-order valence-corrected chi connectivity index (χ2v) is 7.61. The van der Waals surface area contributed by atoms with E-state index in [1.165, 1.54) is 6.07 Å². The van der Waals surface area contributed by atoms with E-state index in [1.807, 2.05) is 24.3 Å². The van der Waals surface area contributed by atoms with Crippen molar-refractivity contribution in [3.63, 3.8) is 0 Å². The lowest BCUT2D eigenvalue weighted by molar-refractivity contribution is 0.0747. The molecule has 0 unspecified atom stereocenters. The molecule has 0 atom stereocenters. The average Bonchev–Trinajstić information content (AvgIpc) is 3.22. The lowest BCUT2D eigenvalue weighted by atomic mass is 9.99. The molecule has 0 spiro atoms. The highest BCUT2D eigenvalue weighted by Gasteiger charge is 2.27. The molecule has 2 heterocycles. The van der Waals surface area contributed by atoms with E-state index in [0.717, 1.165) is 16.7 Å². The third kappa shape index (κ3) is 3.39. The van der Waals surface area contributed by atoms with E-state index in [2.05, 4.69) is 9.97 Å². The van der Waals surface area contributed by atoms with Gasteiger partial charge in [-0.05, 0) is 46.5 Å². The Morgan fingerprint density at radius 3 is 2.45 bits per heavy atom. The van der Waals surface area contributed by atoms with Crippen LogP contribution in [-0.2, 0) is 19.6 Å². The van der Waals surface area contributed by atoms with E-state index in [9.17, 15) is 9.18 Å². The van der Waals surface area contributed by atoms with Crippen LogP contribution in [-0.4, -0.2) is 20.8 Å². The van der Waals surface area contributed by atoms with Gasteiger partial charge in [-0.3, -0.25) is 4.79 Å². The van der Waals surface area contributed by atoms with Gasteiger partial charge in [-0.15, -0.1) is 0 Å². The first-order valence-electron chi connectivity index (χ1n) is 9.95. The zero-order valence-electron chi connectivity index (χ0n) is 16.7. The zero-order chi connectivity index (χ0) is 21.5. The summed E-state index contributed by atoms with van der Waals surface area (Å²) in [4.78, 5) is 23.6. The van der Waals surface area contributed by atoms with E-state index >= 15 is 0 Å². The minimum atomic E-state index is -0.365.